The number of fused-ring (bicyclic) bond motifs is 3. The number of amides is 1. The number of rotatable bonds is 6. The largest absolute Gasteiger partial charge is 0.463 e. The van der Waals surface area contributed by atoms with Gasteiger partial charge in [-0.05, 0) is 36.6 Å². The SMILES string of the molecule is Cc1cc2oc(=O)c(CC(=O)NC[C@@H](O)CO)c(C)c2c2occ(-c3ccccc3)c12. The average molecular weight is 421 g/mol. The van der Waals surface area contributed by atoms with Crippen molar-refractivity contribution >= 4 is 27.8 Å². The van der Waals surface area contributed by atoms with Gasteiger partial charge in [-0.15, -0.1) is 0 Å². The number of nitrogens with one attached hydrogen (secondary N) is 1. The van der Waals surface area contributed by atoms with Crippen molar-refractivity contribution in [3.05, 3.63) is 69.8 Å². The number of aliphatic hydroxyl groups excluding tert-OH is 2. The average Bonchev–Trinajstić information content (AvgIpc) is 3.21. The number of carbonyl (C=O) groups excluding carboxylic acids is 1. The highest BCUT2D eigenvalue weighted by molar-refractivity contribution is 6.11. The van der Waals surface area contributed by atoms with Gasteiger partial charge in [0.25, 0.3) is 0 Å². The highest BCUT2D eigenvalue weighted by Gasteiger charge is 2.21. The predicted molar refractivity (Wildman–Crippen MR) is 117 cm³/mol. The molecular formula is C24H23NO6. The van der Waals surface area contributed by atoms with E-state index in [-0.39, 0.29) is 18.5 Å². The van der Waals surface area contributed by atoms with Gasteiger partial charge in [0.1, 0.15) is 11.2 Å². The van der Waals surface area contributed by atoms with Crippen LogP contribution < -0.4 is 10.9 Å². The summed E-state index contributed by atoms with van der Waals surface area (Å²) in [6.07, 6.45) is 0.434. The van der Waals surface area contributed by atoms with Gasteiger partial charge >= 0.3 is 5.63 Å². The van der Waals surface area contributed by atoms with Crippen LogP contribution in [0.1, 0.15) is 16.7 Å². The van der Waals surface area contributed by atoms with Crippen molar-refractivity contribution in [2.45, 2.75) is 26.4 Å². The Kier molecular flexibility index (Phi) is 5.63. The molecule has 0 aliphatic rings. The molecule has 0 spiro atoms. The number of carbonyl (C=O) groups is 1. The molecule has 0 aliphatic heterocycles. The summed E-state index contributed by atoms with van der Waals surface area (Å²) in [6.45, 7) is 3.14. The van der Waals surface area contributed by atoms with Crippen molar-refractivity contribution in [1.29, 1.82) is 0 Å². The van der Waals surface area contributed by atoms with Gasteiger partial charge in [-0.25, -0.2) is 4.79 Å². The third-order valence-corrected chi connectivity index (χ3v) is 5.45. The molecule has 7 nitrogen and oxygen atoms in total. The van der Waals surface area contributed by atoms with E-state index in [2.05, 4.69) is 5.32 Å². The predicted octanol–water partition coefficient (Wildman–Crippen LogP) is 2.83. The summed E-state index contributed by atoms with van der Waals surface area (Å²) in [5.74, 6) is -0.449. The molecule has 0 saturated heterocycles. The molecule has 1 atom stereocenters. The van der Waals surface area contributed by atoms with Crippen molar-refractivity contribution in [1.82, 2.24) is 5.32 Å². The van der Waals surface area contributed by atoms with Crippen LogP contribution in [0.4, 0.5) is 0 Å². The summed E-state index contributed by atoms with van der Waals surface area (Å²) >= 11 is 0. The van der Waals surface area contributed by atoms with Crippen LogP contribution in [-0.2, 0) is 11.2 Å². The Hall–Kier alpha value is -3.42. The lowest BCUT2D eigenvalue weighted by molar-refractivity contribution is -0.121. The first-order valence-electron chi connectivity index (χ1n) is 9.98. The number of aryl methyl sites for hydroxylation is 2. The second-order valence-electron chi connectivity index (χ2n) is 7.60. The minimum absolute atomic E-state index is 0.102. The molecule has 0 radical (unpaired) electrons. The first-order valence-corrected chi connectivity index (χ1v) is 9.98. The van der Waals surface area contributed by atoms with Crippen LogP contribution in [0.2, 0.25) is 0 Å². The summed E-state index contributed by atoms with van der Waals surface area (Å²) in [5, 5.41) is 22.4. The fourth-order valence-electron chi connectivity index (χ4n) is 3.84. The molecule has 0 bridgehead atoms. The molecule has 0 aliphatic carbocycles. The lowest BCUT2D eigenvalue weighted by Gasteiger charge is -2.11. The van der Waals surface area contributed by atoms with Crippen LogP contribution in [0.5, 0.6) is 0 Å². The lowest BCUT2D eigenvalue weighted by Crippen LogP contribution is -2.35. The molecule has 4 rings (SSSR count). The topological polar surface area (TPSA) is 113 Å². The fourth-order valence-corrected chi connectivity index (χ4v) is 3.84. The lowest BCUT2D eigenvalue weighted by atomic mass is 9.96. The zero-order valence-corrected chi connectivity index (χ0v) is 17.3. The van der Waals surface area contributed by atoms with E-state index in [9.17, 15) is 14.7 Å². The molecule has 7 heteroatoms. The van der Waals surface area contributed by atoms with Crippen LogP contribution in [0.3, 0.4) is 0 Å². The molecule has 3 N–H and O–H groups in total. The molecule has 0 fully saturated rings. The normalized spacial score (nSPS) is 12.4. The number of aliphatic hydroxyl groups is 2. The number of hydrogen-bond acceptors (Lipinski definition) is 6. The quantitative estimate of drug-likeness (QED) is 0.413. The highest BCUT2D eigenvalue weighted by atomic mass is 16.4. The van der Waals surface area contributed by atoms with Crippen LogP contribution in [0.25, 0.3) is 33.1 Å². The summed E-state index contributed by atoms with van der Waals surface area (Å²) in [5.41, 5.74) is 4.14. The van der Waals surface area contributed by atoms with E-state index in [4.69, 9.17) is 13.9 Å². The maximum atomic E-state index is 12.6. The summed E-state index contributed by atoms with van der Waals surface area (Å²) < 4.78 is 11.5. The molecular weight excluding hydrogens is 398 g/mol. The van der Waals surface area contributed by atoms with Gasteiger partial charge in [-0.2, -0.15) is 0 Å². The summed E-state index contributed by atoms with van der Waals surface area (Å²) in [6, 6.07) is 11.7. The minimum atomic E-state index is -1.06. The van der Waals surface area contributed by atoms with Gasteiger partial charge in [0.15, 0.2) is 0 Å². The summed E-state index contributed by atoms with van der Waals surface area (Å²) in [7, 11) is 0. The van der Waals surface area contributed by atoms with Crippen LogP contribution >= 0.6 is 0 Å². The van der Waals surface area contributed by atoms with E-state index in [1.807, 2.05) is 43.3 Å². The molecule has 2 heterocycles. The third-order valence-electron chi connectivity index (χ3n) is 5.45. The number of furan rings is 1. The van der Waals surface area contributed by atoms with E-state index in [0.29, 0.717) is 22.1 Å². The second-order valence-corrected chi connectivity index (χ2v) is 7.60. The van der Waals surface area contributed by atoms with Gasteiger partial charge < -0.3 is 24.4 Å². The van der Waals surface area contributed by atoms with Crippen molar-refractivity contribution < 1.29 is 23.8 Å². The van der Waals surface area contributed by atoms with Crippen LogP contribution in [0.15, 0.2) is 56.3 Å². The third kappa shape index (κ3) is 3.85. The van der Waals surface area contributed by atoms with E-state index >= 15 is 0 Å². The van der Waals surface area contributed by atoms with Gasteiger partial charge in [-0.3, -0.25) is 4.79 Å². The zero-order chi connectivity index (χ0) is 22.1. The second kappa shape index (κ2) is 8.37. The van der Waals surface area contributed by atoms with Crippen molar-refractivity contribution in [3.8, 4) is 11.1 Å². The van der Waals surface area contributed by atoms with E-state index in [1.54, 1.807) is 13.2 Å². The first kappa shape index (κ1) is 20.8. The van der Waals surface area contributed by atoms with Crippen molar-refractivity contribution in [2.24, 2.45) is 0 Å². The Morgan fingerprint density at radius 1 is 1.16 bits per heavy atom. The molecule has 4 aromatic rings. The van der Waals surface area contributed by atoms with Crippen molar-refractivity contribution in [2.75, 3.05) is 13.2 Å². The maximum Gasteiger partial charge on any atom is 0.340 e. The smallest absolute Gasteiger partial charge is 0.340 e. The Bertz CT molecular complexity index is 1320. The number of hydrogen-bond donors (Lipinski definition) is 3. The Labute approximate surface area is 177 Å². The molecule has 1 amide bonds. The first-order chi connectivity index (χ1) is 14.9. The molecule has 0 saturated carbocycles. The minimum Gasteiger partial charge on any atom is -0.463 e. The Morgan fingerprint density at radius 3 is 2.61 bits per heavy atom. The van der Waals surface area contributed by atoms with Crippen molar-refractivity contribution in [3.63, 3.8) is 0 Å². The van der Waals surface area contributed by atoms with Crippen LogP contribution in [-0.4, -0.2) is 35.4 Å². The zero-order valence-electron chi connectivity index (χ0n) is 17.3. The maximum absolute atomic E-state index is 12.6. The van der Waals surface area contributed by atoms with Gasteiger partial charge in [0, 0.05) is 17.5 Å². The van der Waals surface area contributed by atoms with E-state index in [1.165, 1.54) is 0 Å². The Balaban J connectivity index is 1.83. The van der Waals surface area contributed by atoms with E-state index < -0.39 is 24.2 Å². The fraction of sp³-hybridized carbons (Fsp3) is 0.250. The standard InChI is InChI=1S/C24H23NO6/c1-13-8-19-22(23-21(13)18(12-30-23)15-6-4-3-5-7-15)14(2)17(24(29)31-19)9-20(28)25-10-16(27)11-26/h3-8,12,16,26-27H,9-11H2,1-2H3,(H,25,28)/t16-/m1/s1. The highest BCUT2D eigenvalue weighted by Crippen LogP contribution is 2.38. The molecule has 2 aromatic carbocycles. The summed E-state index contributed by atoms with van der Waals surface area (Å²) in [4.78, 5) is 24.9. The van der Waals surface area contributed by atoms with Gasteiger partial charge in [0.05, 0.1) is 36.3 Å². The molecule has 31 heavy (non-hydrogen) atoms. The van der Waals surface area contributed by atoms with E-state index in [0.717, 1.165) is 22.1 Å². The van der Waals surface area contributed by atoms with Crippen LogP contribution in [0, 0.1) is 13.8 Å². The Morgan fingerprint density at radius 2 is 1.90 bits per heavy atom. The van der Waals surface area contributed by atoms with Gasteiger partial charge in [-0.1, -0.05) is 30.3 Å². The molecule has 2 aromatic heterocycles. The van der Waals surface area contributed by atoms with Gasteiger partial charge in [0.2, 0.25) is 5.91 Å². The monoisotopic (exact) mass is 421 g/mol. The molecule has 0 unspecified atom stereocenters. The molecule has 160 valence electrons. The number of benzene rings is 2.